The van der Waals surface area contributed by atoms with Gasteiger partial charge in [0.25, 0.3) is 0 Å². The number of aldehydes is 1. The van der Waals surface area contributed by atoms with Crippen LogP contribution in [0.4, 0.5) is 0 Å². The number of carbonyl (C=O) groups excluding carboxylic acids is 1. The van der Waals surface area contributed by atoms with Gasteiger partial charge >= 0.3 is 0 Å². The lowest BCUT2D eigenvalue weighted by atomic mass is 10.1. The molecule has 0 heterocycles. The van der Waals surface area contributed by atoms with Crippen molar-refractivity contribution in [1.29, 1.82) is 0 Å². The van der Waals surface area contributed by atoms with E-state index in [2.05, 4.69) is 0 Å². The molecule has 0 aliphatic carbocycles. The maximum absolute atomic E-state index is 11.1. The van der Waals surface area contributed by atoms with Crippen molar-refractivity contribution in [1.82, 2.24) is 0 Å². The summed E-state index contributed by atoms with van der Waals surface area (Å²) >= 11 is 0. The lowest BCUT2D eigenvalue weighted by Gasteiger charge is -2.13. The molecule has 0 fully saturated rings. The Morgan fingerprint density at radius 1 is 0.955 bits per heavy atom. The molecule has 0 aliphatic rings. The van der Waals surface area contributed by atoms with Gasteiger partial charge in [-0.3, -0.25) is 4.79 Å². The molecule has 3 nitrogen and oxygen atoms in total. The minimum atomic E-state index is 0.441. The second-order valence-electron chi connectivity index (χ2n) is 4.97. The first kappa shape index (κ1) is 14.1. The van der Waals surface area contributed by atoms with Crippen LogP contribution in [0.2, 0.25) is 0 Å². The van der Waals surface area contributed by atoms with E-state index in [0.29, 0.717) is 17.9 Å². The molecule has 0 unspecified atom stereocenters. The maximum Gasteiger partial charge on any atom is 0.150 e. The van der Waals surface area contributed by atoms with Gasteiger partial charge < -0.3 is 9.47 Å². The summed E-state index contributed by atoms with van der Waals surface area (Å²) in [5.74, 6) is 1.39. The minimum absolute atomic E-state index is 0.441. The van der Waals surface area contributed by atoms with Crippen LogP contribution < -0.4 is 9.47 Å². The van der Waals surface area contributed by atoms with Gasteiger partial charge in [-0.25, -0.2) is 0 Å². The number of ether oxygens (including phenoxy) is 2. The van der Waals surface area contributed by atoms with E-state index < -0.39 is 0 Å². The Labute approximate surface area is 129 Å². The lowest BCUT2D eigenvalue weighted by molar-refractivity contribution is 0.112. The molecule has 0 aromatic heterocycles. The Morgan fingerprint density at radius 2 is 1.77 bits per heavy atom. The van der Waals surface area contributed by atoms with Crippen molar-refractivity contribution in [3.63, 3.8) is 0 Å². The molecular formula is C19H16O3. The molecule has 0 radical (unpaired) electrons. The van der Waals surface area contributed by atoms with Crippen LogP contribution in [0.5, 0.6) is 11.5 Å². The van der Waals surface area contributed by atoms with Crippen molar-refractivity contribution >= 4 is 17.1 Å². The van der Waals surface area contributed by atoms with Gasteiger partial charge in [0.2, 0.25) is 0 Å². The van der Waals surface area contributed by atoms with Crippen LogP contribution in [-0.4, -0.2) is 13.4 Å². The Balaban J connectivity index is 2.04. The molecule has 22 heavy (non-hydrogen) atoms. The fourth-order valence-corrected chi connectivity index (χ4v) is 2.46. The van der Waals surface area contributed by atoms with Crippen LogP contribution in [-0.2, 0) is 6.61 Å². The quantitative estimate of drug-likeness (QED) is 0.660. The Morgan fingerprint density at radius 3 is 2.50 bits per heavy atom. The third kappa shape index (κ3) is 2.79. The fraction of sp³-hybridized carbons (Fsp3) is 0.105. The molecule has 0 spiro atoms. The summed E-state index contributed by atoms with van der Waals surface area (Å²) in [6, 6.07) is 19.2. The molecular weight excluding hydrogens is 276 g/mol. The number of rotatable bonds is 5. The average Bonchev–Trinajstić information content (AvgIpc) is 2.59. The van der Waals surface area contributed by atoms with Gasteiger partial charge in [-0.2, -0.15) is 0 Å². The predicted molar refractivity (Wildman–Crippen MR) is 86.7 cm³/mol. The largest absolute Gasteiger partial charge is 0.496 e. The van der Waals surface area contributed by atoms with Crippen LogP contribution in [0, 0.1) is 0 Å². The second kappa shape index (κ2) is 6.31. The van der Waals surface area contributed by atoms with E-state index in [4.69, 9.17) is 9.47 Å². The molecule has 0 saturated heterocycles. The zero-order valence-electron chi connectivity index (χ0n) is 12.3. The van der Waals surface area contributed by atoms with Gasteiger partial charge in [-0.15, -0.1) is 0 Å². The molecule has 0 aliphatic heterocycles. The van der Waals surface area contributed by atoms with Gasteiger partial charge in [0.15, 0.2) is 0 Å². The van der Waals surface area contributed by atoms with Crippen molar-refractivity contribution < 1.29 is 14.3 Å². The highest BCUT2D eigenvalue weighted by molar-refractivity contribution is 5.97. The predicted octanol–water partition coefficient (Wildman–Crippen LogP) is 4.24. The SMILES string of the molecule is COc1cccc2cc(C=O)cc(OCc3ccccc3)c12. The van der Waals surface area contributed by atoms with Gasteiger partial charge in [0.1, 0.15) is 24.4 Å². The van der Waals surface area contributed by atoms with E-state index in [1.54, 1.807) is 13.2 Å². The molecule has 110 valence electrons. The highest BCUT2D eigenvalue weighted by Gasteiger charge is 2.10. The molecule has 0 N–H and O–H groups in total. The number of carbonyl (C=O) groups is 1. The first-order chi connectivity index (χ1) is 10.8. The number of fused-ring (bicyclic) bond motifs is 1. The van der Waals surface area contributed by atoms with Gasteiger partial charge in [0, 0.05) is 5.56 Å². The standard InChI is InChI=1S/C19H16O3/c1-21-17-9-5-8-16-10-15(12-20)11-18(19(16)17)22-13-14-6-3-2-4-7-14/h2-12H,13H2,1H3. The highest BCUT2D eigenvalue weighted by atomic mass is 16.5. The third-order valence-electron chi connectivity index (χ3n) is 3.52. The summed E-state index contributed by atoms with van der Waals surface area (Å²) in [6.45, 7) is 0.441. The molecule has 3 aromatic carbocycles. The van der Waals surface area contributed by atoms with Gasteiger partial charge in [-0.1, -0.05) is 42.5 Å². The number of hydrogen-bond acceptors (Lipinski definition) is 3. The van der Waals surface area contributed by atoms with Crippen LogP contribution in [0.3, 0.4) is 0 Å². The van der Waals surface area contributed by atoms with Gasteiger partial charge in [0.05, 0.1) is 12.5 Å². The summed E-state index contributed by atoms with van der Waals surface area (Å²) < 4.78 is 11.4. The van der Waals surface area contributed by atoms with E-state index in [1.807, 2.05) is 54.6 Å². The summed E-state index contributed by atoms with van der Waals surface area (Å²) in [4.78, 5) is 11.1. The summed E-state index contributed by atoms with van der Waals surface area (Å²) in [7, 11) is 1.63. The van der Waals surface area contributed by atoms with E-state index in [9.17, 15) is 4.79 Å². The Kier molecular flexibility index (Phi) is 4.05. The van der Waals surface area contributed by atoms with E-state index in [0.717, 1.165) is 28.4 Å². The van der Waals surface area contributed by atoms with E-state index in [1.165, 1.54) is 0 Å². The monoisotopic (exact) mass is 292 g/mol. The number of methoxy groups -OCH3 is 1. The number of hydrogen-bond donors (Lipinski definition) is 0. The number of benzene rings is 3. The van der Waals surface area contributed by atoms with E-state index >= 15 is 0 Å². The minimum Gasteiger partial charge on any atom is -0.496 e. The van der Waals surface area contributed by atoms with E-state index in [-0.39, 0.29) is 0 Å². The van der Waals surface area contributed by atoms with Crippen molar-refractivity contribution in [3.8, 4) is 11.5 Å². The molecule has 3 rings (SSSR count). The van der Waals surface area contributed by atoms with Crippen LogP contribution in [0.25, 0.3) is 10.8 Å². The van der Waals surface area contributed by atoms with Crippen LogP contribution in [0.1, 0.15) is 15.9 Å². The lowest BCUT2D eigenvalue weighted by Crippen LogP contribution is -1.98. The van der Waals surface area contributed by atoms with Gasteiger partial charge in [-0.05, 0) is 29.1 Å². The smallest absolute Gasteiger partial charge is 0.150 e. The first-order valence-electron chi connectivity index (χ1n) is 7.04. The molecule has 0 saturated carbocycles. The fourth-order valence-electron chi connectivity index (χ4n) is 2.46. The Bertz CT molecular complexity index is 794. The first-order valence-corrected chi connectivity index (χ1v) is 7.04. The maximum atomic E-state index is 11.1. The zero-order valence-corrected chi connectivity index (χ0v) is 12.3. The summed E-state index contributed by atoms with van der Waals surface area (Å²) in [5.41, 5.74) is 1.66. The highest BCUT2D eigenvalue weighted by Crippen LogP contribution is 2.35. The summed E-state index contributed by atoms with van der Waals surface area (Å²) in [6.07, 6.45) is 0.828. The van der Waals surface area contributed by atoms with Crippen LogP contribution >= 0.6 is 0 Å². The zero-order chi connectivity index (χ0) is 15.4. The molecule has 0 bridgehead atoms. The average molecular weight is 292 g/mol. The molecule has 3 heteroatoms. The third-order valence-corrected chi connectivity index (χ3v) is 3.52. The van der Waals surface area contributed by atoms with Crippen molar-refractivity contribution in [3.05, 3.63) is 71.8 Å². The molecule has 3 aromatic rings. The normalized spacial score (nSPS) is 10.4. The van der Waals surface area contributed by atoms with Crippen molar-refractivity contribution in [2.45, 2.75) is 6.61 Å². The molecule has 0 amide bonds. The molecule has 0 atom stereocenters. The Hall–Kier alpha value is -2.81. The summed E-state index contributed by atoms with van der Waals surface area (Å²) in [5, 5.41) is 1.80. The van der Waals surface area contributed by atoms with Crippen molar-refractivity contribution in [2.24, 2.45) is 0 Å². The second-order valence-corrected chi connectivity index (χ2v) is 4.97. The van der Waals surface area contributed by atoms with Crippen LogP contribution in [0.15, 0.2) is 60.7 Å². The topological polar surface area (TPSA) is 35.5 Å². The van der Waals surface area contributed by atoms with Crippen molar-refractivity contribution in [2.75, 3.05) is 7.11 Å².